The van der Waals surface area contributed by atoms with Gasteiger partial charge in [-0.05, 0) is 23.3 Å². The molecule has 1 atom stereocenters. The molecular formula is C20H23NO4. The number of benzene rings is 2. The number of hydrogen-bond acceptors (Lipinski definition) is 5. The summed E-state index contributed by atoms with van der Waals surface area (Å²) in [5.74, 6) is 0.393. The van der Waals surface area contributed by atoms with E-state index in [1.165, 1.54) is 13.2 Å². The predicted octanol–water partition coefficient (Wildman–Crippen LogP) is 3.06. The molecule has 0 heterocycles. The van der Waals surface area contributed by atoms with Crippen LogP contribution in [0.5, 0.6) is 5.75 Å². The summed E-state index contributed by atoms with van der Waals surface area (Å²) in [5.41, 5.74) is 4.74. The normalized spacial score (nSPS) is 11.6. The first-order valence-electron chi connectivity index (χ1n) is 8.04. The zero-order valence-electron chi connectivity index (χ0n) is 14.3. The van der Waals surface area contributed by atoms with Gasteiger partial charge in [0, 0.05) is 6.42 Å². The highest BCUT2D eigenvalue weighted by molar-refractivity contribution is 5.76. The van der Waals surface area contributed by atoms with Crippen LogP contribution in [-0.2, 0) is 27.4 Å². The predicted molar refractivity (Wildman–Crippen MR) is 96.0 cm³/mol. The second kappa shape index (κ2) is 10.3. The molecule has 0 fully saturated rings. The molecule has 0 bridgehead atoms. The van der Waals surface area contributed by atoms with Gasteiger partial charge >= 0.3 is 5.97 Å². The maximum Gasteiger partial charge on any atom is 0.326 e. The lowest BCUT2D eigenvalue weighted by molar-refractivity contribution is -0.148. The van der Waals surface area contributed by atoms with Crippen molar-refractivity contribution in [2.75, 3.05) is 13.7 Å². The van der Waals surface area contributed by atoms with Crippen LogP contribution in [0.4, 0.5) is 0 Å². The second-order valence-electron chi connectivity index (χ2n) is 5.42. The lowest BCUT2D eigenvalue weighted by Gasteiger charge is -2.16. The first kappa shape index (κ1) is 18.7. The Labute approximate surface area is 148 Å². The van der Waals surface area contributed by atoms with Crippen LogP contribution in [0.15, 0.2) is 67.3 Å². The summed E-state index contributed by atoms with van der Waals surface area (Å²) in [6, 6.07) is 17.0. The molecule has 25 heavy (non-hydrogen) atoms. The Morgan fingerprint density at radius 2 is 1.84 bits per heavy atom. The Hall–Kier alpha value is -2.63. The fraction of sp³-hybridized carbons (Fsp3) is 0.250. The molecule has 0 unspecified atom stereocenters. The summed E-state index contributed by atoms with van der Waals surface area (Å²) in [6.07, 6.45) is 1.98. The Bertz CT molecular complexity index is 655. The largest absolute Gasteiger partial charge is 0.489 e. The summed E-state index contributed by atoms with van der Waals surface area (Å²) < 4.78 is 10.8. The SMILES string of the molecule is C=CCOC(=O)[C@H](Cc1ccc(OCc2ccccc2)cc1)NOC. The van der Waals surface area contributed by atoms with Gasteiger partial charge in [-0.25, -0.2) is 0 Å². The van der Waals surface area contributed by atoms with E-state index in [0.29, 0.717) is 13.0 Å². The van der Waals surface area contributed by atoms with Gasteiger partial charge in [0.25, 0.3) is 0 Å². The van der Waals surface area contributed by atoms with Crippen LogP contribution in [0, 0.1) is 0 Å². The number of carbonyl (C=O) groups excluding carboxylic acids is 1. The molecular weight excluding hydrogens is 318 g/mol. The van der Waals surface area contributed by atoms with E-state index in [-0.39, 0.29) is 12.6 Å². The summed E-state index contributed by atoms with van der Waals surface area (Å²) in [6.45, 7) is 4.22. The van der Waals surface area contributed by atoms with Crippen LogP contribution < -0.4 is 10.2 Å². The van der Waals surface area contributed by atoms with Crippen LogP contribution in [-0.4, -0.2) is 25.7 Å². The maximum absolute atomic E-state index is 12.0. The molecule has 0 aromatic heterocycles. The van der Waals surface area contributed by atoms with Crippen LogP contribution in [0.1, 0.15) is 11.1 Å². The third kappa shape index (κ3) is 6.41. The minimum absolute atomic E-state index is 0.174. The van der Waals surface area contributed by atoms with E-state index in [0.717, 1.165) is 16.9 Å². The monoisotopic (exact) mass is 341 g/mol. The van der Waals surface area contributed by atoms with E-state index >= 15 is 0 Å². The van der Waals surface area contributed by atoms with Gasteiger partial charge in [-0.3, -0.25) is 4.79 Å². The summed E-state index contributed by atoms with van der Waals surface area (Å²) in [4.78, 5) is 16.9. The van der Waals surface area contributed by atoms with Crippen LogP contribution in [0.25, 0.3) is 0 Å². The number of rotatable bonds is 10. The minimum atomic E-state index is -0.582. The second-order valence-corrected chi connectivity index (χ2v) is 5.42. The minimum Gasteiger partial charge on any atom is -0.489 e. The zero-order valence-corrected chi connectivity index (χ0v) is 14.3. The molecule has 0 radical (unpaired) electrons. The molecule has 0 spiro atoms. The van der Waals surface area contributed by atoms with Gasteiger partial charge < -0.3 is 14.3 Å². The number of ether oxygens (including phenoxy) is 2. The van der Waals surface area contributed by atoms with Crippen molar-refractivity contribution in [3.8, 4) is 5.75 Å². The summed E-state index contributed by atoms with van der Waals surface area (Å²) >= 11 is 0. The summed E-state index contributed by atoms with van der Waals surface area (Å²) in [5, 5.41) is 0. The van der Waals surface area contributed by atoms with Gasteiger partial charge in [0.1, 0.15) is 25.0 Å². The van der Waals surface area contributed by atoms with E-state index in [1.807, 2.05) is 54.6 Å². The van der Waals surface area contributed by atoms with Crippen LogP contribution in [0.2, 0.25) is 0 Å². The van der Waals surface area contributed by atoms with Crippen LogP contribution >= 0.6 is 0 Å². The lowest BCUT2D eigenvalue weighted by atomic mass is 10.1. The molecule has 1 N–H and O–H groups in total. The molecule has 0 aliphatic heterocycles. The molecule has 0 saturated carbocycles. The van der Waals surface area contributed by atoms with Crippen molar-refractivity contribution in [1.82, 2.24) is 5.48 Å². The first-order valence-corrected chi connectivity index (χ1v) is 8.04. The van der Waals surface area contributed by atoms with Crippen molar-refractivity contribution in [3.63, 3.8) is 0 Å². The highest BCUT2D eigenvalue weighted by Gasteiger charge is 2.20. The Morgan fingerprint density at radius 3 is 2.48 bits per heavy atom. The fourth-order valence-corrected chi connectivity index (χ4v) is 2.26. The van der Waals surface area contributed by atoms with E-state index in [2.05, 4.69) is 12.1 Å². The van der Waals surface area contributed by atoms with Gasteiger partial charge in [-0.15, -0.1) is 0 Å². The molecule has 5 heteroatoms. The number of esters is 1. The van der Waals surface area contributed by atoms with E-state index < -0.39 is 6.04 Å². The Kier molecular flexibility index (Phi) is 7.69. The molecule has 0 aliphatic carbocycles. The van der Waals surface area contributed by atoms with Gasteiger partial charge in [0.05, 0.1) is 7.11 Å². The molecule has 0 saturated heterocycles. The third-order valence-corrected chi connectivity index (χ3v) is 3.50. The van der Waals surface area contributed by atoms with Gasteiger partial charge in [-0.2, -0.15) is 5.48 Å². The van der Waals surface area contributed by atoms with Crippen molar-refractivity contribution >= 4 is 5.97 Å². The molecule has 132 valence electrons. The molecule has 0 amide bonds. The van der Waals surface area contributed by atoms with Crippen molar-refractivity contribution in [1.29, 1.82) is 0 Å². The maximum atomic E-state index is 12.0. The van der Waals surface area contributed by atoms with Gasteiger partial charge in [-0.1, -0.05) is 55.1 Å². The van der Waals surface area contributed by atoms with Crippen molar-refractivity contribution in [3.05, 3.63) is 78.4 Å². The van der Waals surface area contributed by atoms with Gasteiger partial charge in [0.15, 0.2) is 0 Å². The van der Waals surface area contributed by atoms with E-state index in [9.17, 15) is 4.79 Å². The third-order valence-electron chi connectivity index (χ3n) is 3.50. The highest BCUT2D eigenvalue weighted by atomic mass is 16.6. The Morgan fingerprint density at radius 1 is 1.12 bits per heavy atom. The quantitative estimate of drug-likeness (QED) is 0.409. The fourth-order valence-electron chi connectivity index (χ4n) is 2.26. The van der Waals surface area contributed by atoms with Crippen LogP contribution in [0.3, 0.4) is 0 Å². The van der Waals surface area contributed by atoms with Crippen molar-refractivity contribution in [2.24, 2.45) is 0 Å². The lowest BCUT2D eigenvalue weighted by Crippen LogP contribution is -2.39. The Balaban J connectivity index is 1.91. The number of carbonyl (C=O) groups is 1. The average Bonchev–Trinajstić information content (AvgIpc) is 2.66. The molecule has 2 aromatic rings. The summed E-state index contributed by atoms with van der Waals surface area (Å²) in [7, 11) is 1.47. The van der Waals surface area contributed by atoms with Crippen molar-refractivity contribution < 1.29 is 19.1 Å². The molecule has 0 aliphatic rings. The van der Waals surface area contributed by atoms with E-state index in [1.54, 1.807) is 0 Å². The van der Waals surface area contributed by atoms with Gasteiger partial charge in [0.2, 0.25) is 0 Å². The average molecular weight is 341 g/mol. The molecule has 2 rings (SSSR count). The smallest absolute Gasteiger partial charge is 0.326 e. The first-order chi connectivity index (χ1) is 12.2. The molecule has 2 aromatic carbocycles. The number of hydrogen-bond donors (Lipinski definition) is 1. The highest BCUT2D eigenvalue weighted by Crippen LogP contribution is 2.15. The topological polar surface area (TPSA) is 56.8 Å². The van der Waals surface area contributed by atoms with Crippen molar-refractivity contribution in [2.45, 2.75) is 19.1 Å². The number of nitrogens with one attached hydrogen (secondary N) is 1. The zero-order chi connectivity index (χ0) is 17.9. The molecule has 5 nitrogen and oxygen atoms in total. The standard InChI is InChI=1S/C20H23NO4/c1-3-13-24-20(22)19(21-23-2)14-16-9-11-18(12-10-16)25-15-17-7-5-4-6-8-17/h3-12,19,21H,1,13-15H2,2H3/t19-/m0/s1. The van der Waals surface area contributed by atoms with E-state index in [4.69, 9.17) is 14.3 Å². The number of hydroxylamine groups is 1.